The van der Waals surface area contributed by atoms with E-state index in [1.165, 1.54) is 10.4 Å². The number of ether oxygens (including phenoxy) is 1. The number of hydrogen-bond acceptors (Lipinski definition) is 6. The molecule has 0 atom stereocenters. The second-order valence-corrected chi connectivity index (χ2v) is 10.9. The molecule has 2 saturated heterocycles. The molecule has 1 amide bonds. The predicted molar refractivity (Wildman–Crippen MR) is 134 cm³/mol. The third kappa shape index (κ3) is 5.05. The lowest BCUT2D eigenvalue weighted by Gasteiger charge is -2.27. The Morgan fingerprint density at radius 2 is 1.80 bits per heavy atom. The van der Waals surface area contributed by atoms with Crippen molar-refractivity contribution in [1.82, 2.24) is 19.2 Å². The lowest BCUT2D eigenvalue weighted by atomic mass is 10.1. The van der Waals surface area contributed by atoms with E-state index in [-0.39, 0.29) is 10.8 Å². The molecule has 0 bridgehead atoms. The average molecular weight is 498 g/mol. The molecule has 35 heavy (non-hydrogen) atoms. The van der Waals surface area contributed by atoms with Gasteiger partial charge in [-0.2, -0.15) is 4.31 Å². The number of carbonyl (C=O) groups excluding carboxylic acids is 1. The number of para-hydroxylation sites is 2. The fourth-order valence-corrected chi connectivity index (χ4v) is 6.20. The monoisotopic (exact) mass is 497 g/mol. The molecule has 3 heterocycles. The molecular weight excluding hydrogens is 466 g/mol. The van der Waals surface area contributed by atoms with Gasteiger partial charge in [0.1, 0.15) is 0 Å². The van der Waals surface area contributed by atoms with E-state index in [9.17, 15) is 13.2 Å². The van der Waals surface area contributed by atoms with Gasteiger partial charge in [-0.05, 0) is 49.6 Å². The number of imidazole rings is 1. The molecule has 0 radical (unpaired) electrons. The van der Waals surface area contributed by atoms with Crippen molar-refractivity contribution in [2.24, 2.45) is 0 Å². The fourth-order valence-electron chi connectivity index (χ4n) is 4.76. The van der Waals surface area contributed by atoms with Crippen molar-refractivity contribution in [2.75, 3.05) is 50.8 Å². The van der Waals surface area contributed by atoms with Gasteiger partial charge in [-0.25, -0.2) is 13.4 Å². The Labute approximate surface area is 205 Å². The molecular formula is C25H31N5O4S. The standard InChI is InChI=1S/C25H31N5O4S/c31-25(26-10-5-13-29-19-27-22-6-1-2-7-24(22)29)21-18-20(8-9-23(21)28-11-3-4-12-28)35(32,33)30-14-16-34-17-15-30/h1-2,6-9,18-19H,3-5,10-17H2,(H,26,31). The minimum absolute atomic E-state index is 0.150. The van der Waals surface area contributed by atoms with E-state index in [1.807, 2.05) is 30.6 Å². The van der Waals surface area contributed by atoms with Crippen molar-refractivity contribution in [3.05, 3.63) is 54.4 Å². The quantitative estimate of drug-likeness (QED) is 0.481. The first-order chi connectivity index (χ1) is 17.0. The molecule has 0 unspecified atom stereocenters. The average Bonchev–Trinajstić information content (AvgIpc) is 3.57. The van der Waals surface area contributed by atoms with Crippen molar-refractivity contribution in [3.63, 3.8) is 0 Å². The van der Waals surface area contributed by atoms with E-state index in [0.717, 1.165) is 55.6 Å². The molecule has 2 aromatic carbocycles. The number of aromatic nitrogens is 2. The first kappa shape index (κ1) is 23.8. The number of carbonyl (C=O) groups is 1. The number of aryl methyl sites for hydroxylation is 1. The van der Waals surface area contributed by atoms with E-state index >= 15 is 0 Å². The van der Waals surface area contributed by atoms with Crippen LogP contribution in [0.4, 0.5) is 5.69 Å². The van der Waals surface area contributed by atoms with Gasteiger partial charge in [0.05, 0.1) is 41.0 Å². The summed E-state index contributed by atoms with van der Waals surface area (Å²) in [7, 11) is -3.69. The number of anilines is 1. The van der Waals surface area contributed by atoms with Crippen molar-refractivity contribution < 1.29 is 17.9 Å². The smallest absolute Gasteiger partial charge is 0.253 e. The summed E-state index contributed by atoms with van der Waals surface area (Å²) in [6, 6.07) is 12.9. The van der Waals surface area contributed by atoms with Gasteiger partial charge in [0, 0.05) is 45.0 Å². The maximum atomic E-state index is 13.3. The molecule has 2 aliphatic rings. The SMILES string of the molecule is O=C(NCCCn1cnc2ccccc21)c1cc(S(=O)(=O)N2CCOCC2)ccc1N1CCCC1. The molecule has 0 aliphatic carbocycles. The first-order valence-corrected chi connectivity index (χ1v) is 13.6. The number of hydrogen-bond donors (Lipinski definition) is 1. The summed E-state index contributed by atoms with van der Waals surface area (Å²) in [5, 5.41) is 3.00. The van der Waals surface area contributed by atoms with E-state index < -0.39 is 10.0 Å². The van der Waals surface area contributed by atoms with Crippen LogP contribution in [0.15, 0.2) is 53.7 Å². The normalized spacial score (nSPS) is 17.2. The molecule has 186 valence electrons. The third-order valence-corrected chi connectivity index (χ3v) is 8.55. The van der Waals surface area contributed by atoms with Gasteiger partial charge in [0.2, 0.25) is 10.0 Å². The summed E-state index contributed by atoms with van der Waals surface area (Å²) in [5.41, 5.74) is 3.22. The summed E-state index contributed by atoms with van der Waals surface area (Å²) in [5.74, 6) is -0.249. The molecule has 10 heteroatoms. The number of nitrogens with one attached hydrogen (secondary N) is 1. The largest absolute Gasteiger partial charge is 0.379 e. The Kier molecular flexibility index (Phi) is 7.03. The van der Waals surface area contributed by atoms with Crippen LogP contribution in [0.2, 0.25) is 0 Å². The topological polar surface area (TPSA) is 96.8 Å². The highest BCUT2D eigenvalue weighted by Gasteiger charge is 2.29. The molecule has 2 fully saturated rings. The Hall–Kier alpha value is -2.95. The van der Waals surface area contributed by atoms with Crippen LogP contribution >= 0.6 is 0 Å². The Morgan fingerprint density at radius 3 is 2.60 bits per heavy atom. The zero-order chi connectivity index (χ0) is 24.3. The summed E-state index contributed by atoms with van der Waals surface area (Å²) in [4.78, 5) is 20.0. The van der Waals surface area contributed by atoms with E-state index in [1.54, 1.807) is 12.1 Å². The van der Waals surface area contributed by atoms with Gasteiger partial charge in [0.25, 0.3) is 5.91 Å². The highest BCUT2D eigenvalue weighted by Crippen LogP contribution is 2.29. The van der Waals surface area contributed by atoms with Gasteiger partial charge in [-0.3, -0.25) is 4.79 Å². The minimum atomic E-state index is -3.69. The number of benzene rings is 2. The summed E-state index contributed by atoms with van der Waals surface area (Å²) in [6.07, 6.45) is 4.68. The van der Waals surface area contributed by atoms with Crippen LogP contribution < -0.4 is 10.2 Å². The fraction of sp³-hybridized carbons (Fsp3) is 0.440. The molecule has 5 rings (SSSR count). The van der Waals surface area contributed by atoms with Crippen LogP contribution in [0.5, 0.6) is 0 Å². The van der Waals surface area contributed by atoms with Gasteiger partial charge in [-0.15, -0.1) is 0 Å². The van der Waals surface area contributed by atoms with Crippen molar-refractivity contribution >= 4 is 32.7 Å². The number of nitrogens with zero attached hydrogens (tertiary/aromatic N) is 4. The number of sulfonamides is 1. The molecule has 0 saturated carbocycles. The second-order valence-electron chi connectivity index (χ2n) is 8.93. The third-order valence-electron chi connectivity index (χ3n) is 6.66. The van der Waals surface area contributed by atoms with Crippen LogP contribution in [-0.4, -0.2) is 74.1 Å². The van der Waals surface area contributed by atoms with Crippen LogP contribution in [0.1, 0.15) is 29.6 Å². The molecule has 9 nitrogen and oxygen atoms in total. The first-order valence-electron chi connectivity index (χ1n) is 12.2. The van der Waals surface area contributed by atoms with E-state index in [4.69, 9.17) is 4.74 Å². The lowest BCUT2D eigenvalue weighted by Crippen LogP contribution is -2.40. The maximum absolute atomic E-state index is 13.3. The highest BCUT2D eigenvalue weighted by atomic mass is 32.2. The van der Waals surface area contributed by atoms with Crippen molar-refractivity contribution in [1.29, 1.82) is 0 Å². The Morgan fingerprint density at radius 1 is 1.03 bits per heavy atom. The zero-order valence-corrected chi connectivity index (χ0v) is 20.5. The zero-order valence-electron chi connectivity index (χ0n) is 19.7. The molecule has 1 N–H and O–H groups in total. The molecule has 1 aromatic heterocycles. The molecule has 0 spiro atoms. The van der Waals surface area contributed by atoms with Crippen LogP contribution in [0.3, 0.4) is 0 Å². The highest BCUT2D eigenvalue weighted by molar-refractivity contribution is 7.89. The van der Waals surface area contributed by atoms with Crippen LogP contribution in [0, 0.1) is 0 Å². The predicted octanol–water partition coefficient (Wildman–Crippen LogP) is 2.48. The Bertz CT molecular complexity index is 1290. The lowest BCUT2D eigenvalue weighted by molar-refractivity contribution is 0.0730. The van der Waals surface area contributed by atoms with Crippen molar-refractivity contribution in [2.45, 2.75) is 30.7 Å². The maximum Gasteiger partial charge on any atom is 0.253 e. The van der Waals surface area contributed by atoms with Gasteiger partial charge >= 0.3 is 0 Å². The van der Waals surface area contributed by atoms with Gasteiger partial charge in [0.15, 0.2) is 0 Å². The van der Waals surface area contributed by atoms with Gasteiger partial charge < -0.3 is 19.5 Å². The van der Waals surface area contributed by atoms with Crippen LogP contribution in [0.25, 0.3) is 11.0 Å². The van der Waals surface area contributed by atoms with Gasteiger partial charge in [-0.1, -0.05) is 12.1 Å². The van der Waals surface area contributed by atoms with Crippen molar-refractivity contribution in [3.8, 4) is 0 Å². The molecule has 2 aliphatic heterocycles. The minimum Gasteiger partial charge on any atom is -0.379 e. The Balaban J connectivity index is 1.31. The summed E-state index contributed by atoms with van der Waals surface area (Å²) < 4.78 is 35.2. The van der Waals surface area contributed by atoms with E-state index in [0.29, 0.717) is 38.4 Å². The molecule has 3 aromatic rings. The number of amides is 1. The second kappa shape index (κ2) is 10.3. The van der Waals surface area contributed by atoms with E-state index in [2.05, 4.69) is 19.8 Å². The summed E-state index contributed by atoms with van der Waals surface area (Å²) in [6.45, 7) is 4.33. The van der Waals surface area contributed by atoms with Crippen LogP contribution in [-0.2, 0) is 21.3 Å². The number of morpholine rings is 1. The summed E-state index contributed by atoms with van der Waals surface area (Å²) >= 11 is 0. The number of rotatable bonds is 8. The number of fused-ring (bicyclic) bond motifs is 1.